The van der Waals surface area contributed by atoms with Crippen LogP contribution >= 0.6 is 0 Å². The summed E-state index contributed by atoms with van der Waals surface area (Å²) in [6.45, 7) is 1.38. The first-order valence-corrected chi connectivity index (χ1v) is 8.74. The molecule has 4 nitrogen and oxygen atoms in total. The summed E-state index contributed by atoms with van der Waals surface area (Å²) in [6.07, 6.45) is 4.15. The highest BCUT2D eigenvalue weighted by Crippen LogP contribution is 2.36. The molecule has 3 aromatic rings. The normalized spacial score (nSPS) is 16.9. The SMILES string of the molecule is CN(c1ccccc1)c1cccc2ccnc(OCC3CCCO3)c12. The molecule has 1 unspecified atom stereocenters. The van der Waals surface area contributed by atoms with Crippen LogP contribution in [0.3, 0.4) is 0 Å². The number of aromatic nitrogens is 1. The van der Waals surface area contributed by atoms with Crippen LogP contribution in [0.4, 0.5) is 11.4 Å². The molecule has 1 fully saturated rings. The molecule has 2 heterocycles. The number of anilines is 2. The lowest BCUT2D eigenvalue weighted by Gasteiger charge is -2.22. The molecule has 0 amide bonds. The number of benzene rings is 2. The summed E-state index contributed by atoms with van der Waals surface area (Å²) < 4.78 is 11.7. The summed E-state index contributed by atoms with van der Waals surface area (Å²) >= 11 is 0. The molecule has 4 heteroatoms. The molecule has 1 aliphatic heterocycles. The highest BCUT2D eigenvalue weighted by Gasteiger charge is 2.18. The average molecular weight is 334 g/mol. The van der Waals surface area contributed by atoms with Crippen LogP contribution in [0.25, 0.3) is 10.8 Å². The van der Waals surface area contributed by atoms with Crippen LogP contribution in [0.5, 0.6) is 5.88 Å². The predicted molar refractivity (Wildman–Crippen MR) is 101 cm³/mol. The minimum Gasteiger partial charge on any atom is -0.474 e. The molecule has 0 bridgehead atoms. The monoisotopic (exact) mass is 334 g/mol. The van der Waals surface area contributed by atoms with Gasteiger partial charge in [0.1, 0.15) is 6.61 Å². The number of hydrogen-bond acceptors (Lipinski definition) is 4. The van der Waals surface area contributed by atoms with Crippen molar-refractivity contribution in [3.05, 3.63) is 60.8 Å². The van der Waals surface area contributed by atoms with E-state index in [0.717, 1.165) is 41.6 Å². The zero-order chi connectivity index (χ0) is 17.1. The third-order valence-corrected chi connectivity index (χ3v) is 4.67. The molecule has 0 saturated carbocycles. The van der Waals surface area contributed by atoms with Crippen molar-refractivity contribution in [1.29, 1.82) is 0 Å². The van der Waals surface area contributed by atoms with Gasteiger partial charge in [-0.3, -0.25) is 0 Å². The van der Waals surface area contributed by atoms with Crippen LogP contribution < -0.4 is 9.64 Å². The second-order valence-corrected chi connectivity index (χ2v) is 6.33. The topological polar surface area (TPSA) is 34.6 Å². The van der Waals surface area contributed by atoms with Gasteiger partial charge >= 0.3 is 0 Å². The Kier molecular flexibility index (Phi) is 4.53. The molecular weight excluding hydrogens is 312 g/mol. The molecular formula is C21H22N2O2. The molecule has 4 rings (SSSR count). The fourth-order valence-electron chi connectivity index (χ4n) is 3.31. The first kappa shape index (κ1) is 15.9. The van der Waals surface area contributed by atoms with E-state index in [2.05, 4.69) is 47.3 Å². The Balaban J connectivity index is 1.71. The zero-order valence-electron chi connectivity index (χ0n) is 14.4. The molecule has 1 saturated heterocycles. The van der Waals surface area contributed by atoms with Gasteiger partial charge in [-0.05, 0) is 42.5 Å². The van der Waals surface area contributed by atoms with Gasteiger partial charge < -0.3 is 14.4 Å². The van der Waals surface area contributed by atoms with Crippen molar-refractivity contribution in [2.45, 2.75) is 18.9 Å². The van der Waals surface area contributed by atoms with Crippen LogP contribution in [0.2, 0.25) is 0 Å². The fourth-order valence-corrected chi connectivity index (χ4v) is 3.31. The summed E-state index contributed by atoms with van der Waals surface area (Å²) in [5.74, 6) is 0.673. The van der Waals surface area contributed by atoms with Gasteiger partial charge in [-0.1, -0.05) is 30.3 Å². The Labute approximate surface area is 148 Å². The zero-order valence-corrected chi connectivity index (χ0v) is 14.4. The number of pyridine rings is 1. The van der Waals surface area contributed by atoms with Crippen molar-refractivity contribution in [2.24, 2.45) is 0 Å². The first-order valence-electron chi connectivity index (χ1n) is 8.74. The van der Waals surface area contributed by atoms with Crippen molar-refractivity contribution in [2.75, 3.05) is 25.2 Å². The van der Waals surface area contributed by atoms with Gasteiger partial charge in [0.2, 0.25) is 5.88 Å². The molecule has 2 aromatic carbocycles. The molecule has 128 valence electrons. The summed E-state index contributed by atoms with van der Waals surface area (Å²) in [7, 11) is 2.07. The maximum absolute atomic E-state index is 6.07. The lowest BCUT2D eigenvalue weighted by molar-refractivity contribution is 0.0669. The van der Waals surface area contributed by atoms with Crippen molar-refractivity contribution in [1.82, 2.24) is 4.98 Å². The number of para-hydroxylation sites is 1. The standard InChI is InChI=1S/C21H22N2O2/c1-23(17-8-3-2-4-9-17)19-11-5-7-16-12-13-22-21(20(16)19)25-15-18-10-6-14-24-18/h2-5,7-9,11-13,18H,6,10,14-15H2,1H3. The van der Waals surface area contributed by atoms with Crippen molar-refractivity contribution < 1.29 is 9.47 Å². The molecule has 0 spiro atoms. The van der Waals surface area contributed by atoms with E-state index >= 15 is 0 Å². The van der Waals surface area contributed by atoms with Gasteiger partial charge in [0.25, 0.3) is 0 Å². The van der Waals surface area contributed by atoms with Crippen molar-refractivity contribution >= 4 is 22.1 Å². The van der Waals surface area contributed by atoms with Crippen molar-refractivity contribution in [3.63, 3.8) is 0 Å². The van der Waals surface area contributed by atoms with Gasteiger partial charge in [-0.15, -0.1) is 0 Å². The number of nitrogens with zero attached hydrogens (tertiary/aromatic N) is 2. The molecule has 0 N–H and O–H groups in total. The Morgan fingerprint density at radius 3 is 2.80 bits per heavy atom. The van der Waals surface area contributed by atoms with Crippen LogP contribution in [0.15, 0.2) is 60.8 Å². The van der Waals surface area contributed by atoms with E-state index in [9.17, 15) is 0 Å². The third-order valence-electron chi connectivity index (χ3n) is 4.67. The summed E-state index contributed by atoms with van der Waals surface area (Å²) in [5.41, 5.74) is 2.21. The second kappa shape index (κ2) is 7.11. The number of ether oxygens (including phenoxy) is 2. The van der Waals surface area contributed by atoms with E-state index in [1.54, 1.807) is 6.20 Å². The van der Waals surface area contributed by atoms with Gasteiger partial charge in [-0.25, -0.2) is 4.98 Å². The van der Waals surface area contributed by atoms with Crippen LogP contribution in [-0.4, -0.2) is 31.3 Å². The Hall–Kier alpha value is -2.59. The number of fused-ring (bicyclic) bond motifs is 1. The van der Waals surface area contributed by atoms with Crippen LogP contribution in [0.1, 0.15) is 12.8 Å². The second-order valence-electron chi connectivity index (χ2n) is 6.33. The largest absolute Gasteiger partial charge is 0.474 e. The highest BCUT2D eigenvalue weighted by molar-refractivity contribution is 5.99. The van der Waals surface area contributed by atoms with E-state index in [1.807, 2.05) is 24.3 Å². The van der Waals surface area contributed by atoms with E-state index < -0.39 is 0 Å². The predicted octanol–water partition coefficient (Wildman–Crippen LogP) is 4.56. The van der Waals surface area contributed by atoms with E-state index in [1.165, 1.54) is 0 Å². The molecule has 1 atom stereocenters. The van der Waals surface area contributed by atoms with Gasteiger partial charge in [0, 0.05) is 25.5 Å². The third kappa shape index (κ3) is 3.30. The molecule has 0 radical (unpaired) electrons. The van der Waals surface area contributed by atoms with Crippen LogP contribution in [0, 0.1) is 0 Å². The molecule has 25 heavy (non-hydrogen) atoms. The Morgan fingerprint density at radius 1 is 1.12 bits per heavy atom. The first-order chi connectivity index (χ1) is 12.3. The molecule has 0 aliphatic carbocycles. The highest BCUT2D eigenvalue weighted by atomic mass is 16.5. The van der Waals surface area contributed by atoms with Gasteiger partial charge in [0.05, 0.1) is 17.2 Å². The number of rotatable bonds is 5. The van der Waals surface area contributed by atoms with Crippen LogP contribution in [-0.2, 0) is 4.74 Å². The fraction of sp³-hybridized carbons (Fsp3) is 0.286. The molecule has 1 aliphatic rings. The number of hydrogen-bond donors (Lipinski definition) is 0. The lowest BCUT2D eigenvalue weighted by Crippen LogP contribution is -2.17. The minimum absolute atomic E-state index is 0.177. The van der Waals surface area contributed by atoms with Gasteiger partial charge in [-0.2, -0.15) is 0 Å². The maximum atomic E-state index is 6.07. The van der Waals surface area contributed by atoms with E-state index in [0.29, 0.717) is 12.5 Å². The summed E-state index contributed by atoms with van der Waals surface area (Å²) in [4.78, 5) is 6.67. The summed E-state index contributed by atoms with van der Waals surface area (Å²) in [5, 5.41) is 2.16. The quantitative estimate of drug-likeness (QED) is 0.685. The average Bonchev–Trinajstić information content (AvgIpc) is 3.19. The Morgan fingerprint density at radius 2 is 2.00 bits per heavy atom. The maximum Gasteiger partial charge on any atom is 0.223 e. The minimum atomic E-state index is 0.177. The van der Waals surface area contributed by atoms with E-state index in [-0.39, 0.29) is 6.10 Å². The smallest absolute Gasteiger partial charge is 0.223 e. The van der Waals surface area contributed by atoms with Gasteiger partial charge in [0.15, 0.2) is 0 Å². The Bertz CT molecular complexity index is 840. The van der Waals surface area contributed by atoms with E-state index in [4.69, 9.17) is 9.47 Å². The lowest BCUT2D eigenvalue weighted by atomic mass is 10.1. The van der Waals surface area contributed by atoms with Crippen molar-refractivity contribution in [3.8, 4) is 5.88 Å². The summed E-state index contributed by atoms with van der Waals surface area (Å²) in [6, 6.07) is 18.6. The molecule has 1 aromatic heterocycles.